The average Bonchev–Trinajstić information content (AvgIpc) is 2.28. The zero-order valence-corrected chi connectivity index (χ0v) is 10.0. The molecule has 0 bridgehead atoms. The molecule has 0 amide bonds. The molecule has 0 aliphatic carbocycles. The summed E-state index contributed by atoms with van der Waals surface area (Å²) in [6.07, 6.45) is 0. The first-order valence-electron chi connectivity index (χ1n) is 5.34. The van der Waals surface area contributed by atoms with E-state index in [1.54, 1.807) is 12.1 Å². The lowest BCUT2D eigenvalue weighted by Gasteiger charge is -2.09. The van der Waals surface area contributed by atoms with Crippen molar-refractivity contribution < 1.29 is 4.92 Å². The molecule has 1 aromatic carbocycles. The molecule has 2 N–H and O–H groups in total. The van der Waals surface area contributed by atoms with Gasteiger partial charge < -0.3 is 5.73 Å². The first kappa shape index (κ1) is 12.0. The van der Waals surface area contributed by atoms with Gasteiger partial charge in [-0.05, 0) is 31.5 Å². The Bertz CT molecular complexity index is 585. The standard InChI is InChI=1S/C12H12N4O2/c1-7-11(8(2)15-12(13)14-7)9-3-5-10(6-4-9)16(17)18/h3-6H,1-2H3,(H2,13,14,15). The molecule has 0 fully saturated rings. The van der Waals surface area contributed by atoms with Crippen LogP contribution in [0.2, 0.25) is 0 Å². The van der Waals surface area contributed by atoms with Gasteiger partial charge in [0, 0.05) is 17.7 Å². The van der Waals surface area contributed by atoms with Crippen molar-refractivity contribution in [3.63, 3.8) is 0 Å². The quantitative estimate of drug-likeness (QED) is 0.645. The van der Waals surface area contributed by atoms with E-state index in [1.807, 2.05) is 13.8 Å². The highest BCUT2D eigenvalue weighted by molar-refractivity contribution is 5.69. The van der Waals surface area contributed by atoms with Gasteiger partial charge in [0.25, 0.3) is 5.69 Å². The number of hydrogen-bond acceptors (Lipinski definition) is 5. The van der Waals surface area contributed by atoms with Crippen LogP contribution in [0.15, 0.2) is 24.3 Å². The van der Waals surface area contributed by atoms with Gasteiger partial charge in [0.05, 0.1) is 16.3 Å². The molecule has 0 radical (unpaired) electrons. The van der Waals surface area contributed by atoms with Crippen LogP contribution in [0.3, 0.4) is 0 Å². The predicted molar refractivity (Wildman–Crippen MR) is 68.0 cm³/mol. The number of anilines is 1. The maximum absolute atomic E-state index is 10.6. The number of nitro benzene ring substituents is 1. The van der Waals surface area contributed by atoms with Crippen molar-refractivity contribution in [2.45, 2.75) is 13.8 Å². The van der Waals surface area contributed by atoms with E-state index in [9.17, 15) is 10.1 Å². The monoisotopic (exact) mass is 244 g/mol. The summed E-state index contributed by atoms with van der Waals surface area (Å²) in [5.41, 5.74) is 8.84. The van der Waals surface area contributed by atoms with Gasteiger partial charge in [-0.3, -0.25) is 10.1 Å². The zero-order chi connectivity index (χ0) is 13.3. The van der Waals surface area contributed by atoms with Crippen LogP contribution in [0.25, 0.3) is 11.1 Å². The van der Waals surface area contributed by atoms with Crippen LogP contribution < -0.4 is 5.73 Å². The molecular formula is C12H12N4O2. The first-order chi connectivity index (χ1) is 8.49. The molecule has 2 rings (SSSR count). The van der Waals surface area contributed by atoms with E-state index >= 15 is 0 Å². The molecule has 0 aliphatic heterocycles. The topological polar surface area (TPSA) is 94.9 Å². The predicted octanol–water partition coefficient (Wildman–Crippen LogP) is 2.25. The van der Waals surface area contributed by atoms with Crippen molar-refractivity contribution in [2.24, 2.45) is 0 Å². The second-order valence-corrected chi connectivity index (χ2v) is 3.93. The van der Waals surface area contributed by atoms with Gasteiger partial charge in [-0.1, -0.05) is 0 Å². The number of rotatable bonds is 2. The molecule has 1 heterocycles. The number of nitrogen functional groups attached to an aromatic ring is 1. The van der Waals surface area contributed by atoms with Crippen molar-refractivity contribution in [1.29, 1.82) is 0 Å². The van der Waals surface area contributed by atoms with Gasteiger partial charge in [0.15, 0.2) is 0 Å². The average molecular weight is 244 g/mol. The first-order valence-corrected chi connectivity index (χ1v) is 5.34. The number of nitro groups is 1. The highest BCUT2D eigenvalue weighted by atomic mass is 16.6. The van der Waals surface area contributed by atoms with Crippen LogP contribution >= 0.6 is 0 Å². The molecule has 0 aliphatic rings. The number of non-ortho nitro benzene ring substituents is 1. The summed E-state index contributed by atoms with van der Waals surface area (Å²) in [6, 6.07) is 6.30. The fourth-order valence-corrected chi connectivity index (χ4v) is 1.91. The van der Waals surface area contributed by atoms with Crippen molar-refractivity contribution in [3.8, 4) is 11.1 Å². The van der Waals surface area contributed by atoms with Gasteiger partial charge in [0.1, 0.15) is 0 Å². The second-order valence-electron chi connectivity index (χ2n) is 3.93. The van der Waals surface area contributed by atoms with Gasteiger partial charge in [-0.15, -0.1) is 0 Å². The Balaban J connectivity index is 2.52. The van der Waals surface area contributed by atoms with Crippen molar-refractivity contribution in [1.82, 2.24) is 9.97 Å². The molecule has 0 saturated carbocycles. The van der Waals surface area contributed by atoms with Crippen molar-refractivity contribution in [2.75, 3.05) is 5.73 Å². The molecular weight excluding hydrogens is 232 g/mol. The largest absolute Gasteiger partial charge is 0.368 e. The fourth-order valence-electron chi connectivity index (χ4n) is 1.91. The molecule has 0 spiro atoms. The Hall–Kier alpha value is -2.50. The van der Waals surface area contributed by atoms with Crippen LogP contribution in [0.5, 0.6) is 0 Å². The Morgan fingerprint density at radius 1 is 1.11 bits per heavy atom. The second kappa shape index (κ2) is 4.40. The molecule has 0 unspecified atom stereocenters. The molecule has 6 nitrogen and oxygen atoms in total. The van der Waals surface area contributed by atoms with Crippen molar-refractivity contribution >= 4 is 11.6 Å². The Morgan fingerprint density at radius 3 is 2.06 bits per heavy atom. The van der Waals surface area contributed by atoms with Crippen LogP contribution in [0.1, 0.15) is 11.4 Å². The molecule has 92 valence electrons. The normalized spacial score (nSPS) is 10.3. The summed E-state index contributed by atoms with van der Waals surface area (Å²) in [5, 5.41) is 10.6. The number of aromatic nitrogens is 2. The molecule has 2 aromatic rings. The molecule has 18 heavy (non-hydrogen) atoms. The molecule has 0 saturated heterocycles. The fraction of sp³-hybridized carbons (Fsp3) is 0.167. The Kier molecular flexibility index (Phi) is 2.93. The van der Waals surface area contributed by atoms with Gasteiger partial charge in [-0.2, -0.15) is 0 Å². The SMILES string of the molecule is Cc1nc(N)nc(C)c1-c1ccc([N+](=O)[O-])cc1. The molecule has 1 aromatic heterocycles. The summed E-state index contributed by atoms with van der Waals surface area (Å²) in [5.74, 6) is 0.232. The lowest BCUT2D eigenvalue weighted by atomic mass is 10.0. The Labute approximate surface area is 104 Å². The third-order valence-electron chi connectivity index (χ3n) is 2.65. The maximum Gasteiger partial charge on any atom is 0.269 e. The molecule has 0 atom stereocenters. The van der Waals surface area contributed by atoms with E-state index in [1.165, 1.54) is 12.1 Å². The van der Waals surface area contributed by atoms with E-state index in [0.29, 0.717) is 0 Å². The van der Waals surface area contributed by atoms with Crippen LogP contribution in [-0.4, -0.2) is 14.9 Å². The third kappa shape index (κ3) is 2.13. The van der Waals surface area contributed by atoms with Gasteiger partial charge >= 0.3 is 0 Å². The Morgan fingerprint density at radius 2 is 1.61 bits per heavy atom. The van der Waals surface area contributed by atoms with Gasteiger partial charge in [-0.25, -0.2) is 9.97 Å². The summed E-state index contributed by atoms with van der Waals surface area (Å²) in [4.78, 5) is 18.4. The van der Waals surface area contributed by atoms with E-state index in [4.69, 9.17) is 5.73 Å². The maximum atomic E-state index is 10.6. The van der Waals surface area contributed by atoms with Crippen LogP contribution in [-0.2, 0) is 0 Å². The summed E-state index contributed by atoms with van der Waals surface area (Å²) < 4.78 is 0. The minimum absolute atomic E-state index is 0.0606. The van der Waals surface area contributed by atoms with Crippen LogP contribution in [0, 0.1) is 24.0 Å². The van der Waals surface area contributed by atoms with E-state index in [2.05, 4.69) is 9.97 Å². The number of hydrogen-bond donors (Lipinski definition) is 1. The number of nitrogens with zero attached hydrogens (tertiary/aromatic N) is 3. The summed E-state index contributed by atoms with van der Waals surface area (Å²) >= 11 is 0. The number of nitrogens with two attached hydrogens (primary N) is 1. The highest BCUT2D eigenvalue weighted by Crippen LogP contribution is 2.27. The van der Waals surface area contributed by atoms with Crippen LogP contribution in [0.4, 0.5) is 11.6 Å². The smallest absolute Gasteiger partial charge is 0.269 e. The number of aryl methyl sites for hydroxylation is 2. The van der Waals surface area contributed by atoms with E-state index in [-0.39, 0.29) is 11.6 Å². The minimum atomic E-state index is -0.428. The highest BCUT2D eigenvalue weighted by Gasteiger charge is 2.11. The lowest BCUT2D eigenvalue weighted by molar-refractivity contribution is -0.384. The van der Waals surface area contributed by atoms with E-state index < -0.39 is 4.92 Å². The molecule has 6 heteroatoms. The zero-order valence-electron chi connectivity index (χ0n) is 10.0. The summed E-state index contributed by atoms with van der Waals surface area (Å²) in [6.45, 7) is 3.67. The van der Waals surface area contributed by atoms with E-state index in [0.717, 1.165) is 22.5 Å². The lowest BCUT2D eigenvalue weighted by Crippen LogP contribution is -2.02. The minimum Gasteiger partial charge on any atom is -0.368 e. The third-order valence-corrected chi connectivity index (χ3v) is 2.65. The summed E-state index contributed by atoms with van der Waals surface area (Å²) in [7, 11) is 0. The number of benzene rings is 1. The van der Waals surface area contributed by atoms with Crippen molar-refractivity contribution in [3.05, 3.63) is 45.8 Å². The van der Waals surface area contributed by atoms with Gasteiger partial charge in [0.2, 0.25) is 5.95 Å².